The molecule has 0 aliphatic carbocycles. The van der Waals surface area contributed by atoms with Crippen molar-refractivity contribution in [1.29, 1.82) is 0 Å². The van der Waals surface area contributed by atoms with Crippen molar-refractivity contribution in [3.63, 3.8) is 0 Å². The minimum Gasteiger partial charge on any atom is -0.394 e. The molecule has 0 radical (unpaired) electrons. The number of ether oxygens (including phenoxy) is 1. The number of rotatable bonds is 9. The van der Waals surface area contributed by atoms with E-state index in [1.807, 2.05) is 6.92 Å². The third-order valence-corrected chi connectivity index (χ3v) is 1.91. The Morgan fingerprint density at radius 2 is 2.27 bits per heavy atom. The molecule has 0 aliphatic heterocycles. The highest BCUT2D eigenvalue weighted by Crippen LogP contribution is 1.97. The summed E-state index contributed by atoms with van der Waals surface area (Å²) >= 11 is 0. The second-order valence-corrected chi connectivity index (χ2v) is 3.44. The molecule has 1 unspecified atom stereocenters. The van der Waals surface area contributed by atoms with Gasteiger partial charge >= 0.3 is 0 Å². The second kappa shape index (κ2) is 9.89. The van der Waals surface area contributed by atoms with Crippen LogP contribution in [0, 0.1) is 0 Å². The average molecular weight is 218 g/mol. The van der Waals surface area contributed by atoms with Crippen LogP contribution < -0.4 is 11.1 Å². The van der Waals surface area contributed by atoms with E-state index in [4.69, 9.17) is 15.6 Å². The first-order valence-corrected chi connectivity index (χ1v) is 5.41. The van der Waals surface area contributed by atoms with Crippen molar-refractivity contribution in [1.82, 2.24) is 5.32 Å². The Labute approximate surface area is 91.0 Å². The molecule has 5 nitrogen and oxygen atoms in total. The number of nitrogens with one attached hydrogen (secondary N) is 1. The first kappa shape index (κ1) is 14.3. The van der Waals surface area contributed by atoms with Crippen LogP contribution in [0.15, 0.2) is 0 Å². The minimum absolute atomic E-state index is 0.00925. The number of carbonyl (C=O) groups is 1. The molecule has 1 atom stereocenters. The van der Waals surface area contributed by atoms with E-state index in [-0.39, 0.29) is 18.6 Å². The fourth-order valence-corrected chi connectivity index (χ4v) is 1.21. The van der Waals surface area contributed by atoms with Gasteiger partial charge in [0.25, 0.3) is 0 Å². The van der Waals surface area contributed by atoms with E-state index in [9.17, 15) is 4.79 Å². The van der Waals surface area contributed by atoms with Crippen molar-refractivity contribution in [3.05, 3.63) is 0 Å². The molecule has 0 aromatic rings. The SMILES string of the molecule is CCCC(N)CC(=O)NCCOCCO. The molecule has 90 valence electrons. The monoisotopic (exact) mass is 218 g/mol. The molecule has 0 aliphatic rings. The Bertz CT molecular complexity index is 165. The van der Waals surface area contributed by atoms with Gasteiger partial charge in [0.2, 0.25) is 5.91 Å². The lowest BCUT2D eigenvalue weighted by Crippen LogP contribution is -2.33. The molecule has 0 bridgehead atoms. The van der Waals surface area contributed by atoms with Gasteiger partial charge in [0.1, 0.15) is 0 Å². The van der Waals surface area contributed by atoms with Crippen molar-refractivity contribution >= 4 is 5.91 Å². The zero-order chi connectivity index (χ0) is 11.5. The standard InChI is InChI=1S/C10H22N2O3/c1-2-3-9(11)8-10(14)12-4-6-15-7-5-13/h9,13H,2-8,11H2,1H3,(H,12,14). The van der Waals surface area contributed by atoms with E-state index in [1.54, 1.807) is 0 Å². The molecule has 0 fully saturated rings. The topological polar surface area (TPSA) is 84.6 Å². The summed E-state index contributed by atoms with van der Waals surface area (Å²) in [6.45, 7) is 3.26. The lowest BCUT2D eigenvalue weighted by Gasteiger charge is -2.10. The normalized spacial score (nSPS) is 12.5. The zero-order valence-electron chi connectivity index (χ0n) is 9.37. The van der Waals surface area contributed by atoms with Crippen molar-refractivity contribution in [2.24, 2.45) is 5.73 Å². The van der Waals surface area contributed by atoms with Gasteiger partial charge in [0.05, 0.1) is 19.8 Å². The minimum atomic E-state index is -0.0478. The Hall–Kier alpha value is -0.650. The highest BCUT2D eigenvalue weighted by molar-refractivity contribution is 5.76. The van der Waals surface area contributed by atoms with Gasteiger partial charge in [-0.1, -0.05) is 13.3 Å². The summed E-state index contributed by atoms with van der Waals surface area (Å²) in [6.07, 6.45) is 2.23. The summed E-state index contributed by atoms with van der Waals surface area (Å²) in [5.74, 6) is -0.0384. The largest absolute Gasteiger partial charge is 0.394 e. The summed E-state index contributed by atoms with van der Waals surface area (Å²) in [7, 11) is 0. The third kappa shape index (κ3) is 9.65. The lowest BCUT2D eigenvalue weighted by molar-refractivity contribution is -0.121. The molecule has 15 heavy (non-hydrogen) atoms. The van der Waals surface area contributed by atoms with E-state index in [2.05, 4.69) is 5.32 Å². The van der Waals surface area contributed by atoms with Crippen molar-refractivity contribution in [2.45, 2.75) is 32.2 Å². The number of hydrogen-bond acceptors (Lipinski definition) is 4. The van der Waals surface area contributed by atoms with Crippen LogP contribution in [0.1, 0.15) is 26.2 Å². The molecule has 4 N–H and O–H groups in total. The van der Waals surface area contributed by atoms with Gasteiger partial charge < -0.3 is 20.9 Å². The van der Waals surface area contributed by atoms with E-state index in [1.165, 1.54) is 0 Å². The van der Waals surface area contributed by atoms with Gasteiger partial charge in [-0.25, -0.2) is 0 Å². The first-order chi connectivity index (χ1) is 7.20. The summed E-state index contributed by atoms with van der Waals surface area (Å²) in [4.78, 5) is 11.3. The van der Waals surface area contributed by atoms with Gasteiger partial charge in [-0.15, -0.1) is 0 Å². The van der Waals surface area contributed by atoms with Crippen LogP contribution in [-0.4, -0.2) is 43.4 Å². The average Bonchev–Trinajstić information content (AvgIpc) is 2.17. The predicted octanol–water partition coefficient (Wildman–Crippen LogP) is -0.371. The lowest BCUT2D eigenvalue weighted by atomic mass is 10.1. The second-order valence-electron chi connectivity index (χ2n) is 3.44. The maximum atomic E-state index is 11.3. The molecule has 1 amide bonds. The van der Waals surface area contributed by atoms with Gasteiger partial charge in [-0.3, -0.25) is 4.79 Å². The molecule has 0 saturated heterocycles. The molecule has 0 heterocycles. The van der Waals surface area contributed by atoms with Gasteiger partial charge in [-0.05, 0) is 6.42 Å². The molecule has 0 rings (SSSR count). The van der Waals surface area contributed by atoms with Crippen molar-refractivity contribution < 1.29 is 14.6 Å². The van der Waals surface area contributed by atoms with Crippen LogP contribution in [0.2, 0.25) is 0 Å². The Balaban J connectivity index is 3.32. The number of aliphatic hydroxyl groups is 1. The summed E-state index contributed by atoms with van der Waals surface area (Å²) in [6, 6.07) is -0.0478. The number of carbonyl (C=O) groups excluding carboxylic acids is 1. The molecule has 0 aromatic carbocycles. The van der Waals surface area contributed by atoms with E-state index in [0.717, 1.165) is 12.8 Å². The van der Waals surface area contributed by atoms with E-state index >= 15 is 0 Å². The van der Waals surface area contributed by atoms with Gasteiger partial charge in [0.15, 0.2) is 0 Å². The van der Waals surface area contributed by atoms with Crippen LogP contribution >= 0.6 is 0 Å². The summed E-state index contributed by atoms with van der Waals surface area (Å²) < 4.78 is 4.99. The van der Waals surface area contributed by atoms with E-state index in [0.29, 0.717) is 26.2 Å². The smallest absolute Gasteiger partial charge is 0.221 e. The number of hydrogen-bond donors (Lipinski definition) is 3. The third-order valence-electron chi connectivity index (χ3n) is 1.91. The maximum absolute atomic E-state index is 11.3. The maximum Gasteiger partial charge on any atom is 0.221 e. The first-order valence-electron chi connectivity index (χ1n) is 5.41. The summed E-state index contributed by atoms with van der Waals surface area (Å²) in [5.41, 5.74) is 5.71. The molecule has 0 spiro atoms. The van der Waals surface area contributed by atoms with E-state index < -0.39 is 0 Å². The van der Waals surface area contributed by atoms with Gasteiger partial charge in [-0.2, -0.15) is 0 Å². The number of amides is 1. The molecule has 0 aromatic heterocycles. The fraction of sp³-hybridized carbons (Fsp3) is 0.900. The Morgan fingerprint density at radius 3 is 2.87 bits per heavy atom. The number of nitrogens with two attached hydrogens (primary N) is 1. The molecular formula is C10H22N2O3. The van der Waals surface area contributed by atoms with Crippen LogP contribution in [-0.2, 0) is 9.53 Å². The fourth-order valence-electron chi connectivity index (χ4n) is 1.21. The van der Waals surface area contributed by atoms with Crippen LogP contribution in [0.25, 0.3) is 0 Å². The Morgan fingerprint density at radius 1 is 1.53 bits per heavy atom. The van der Waals surface area contributed by atoms with Crippen molar-refractivity contribution in [2.75, 3.05) is 26.4 Å². The number of aliphatic hydroxyl groups excluding tert-OH is 1. The Kier molecular flexibility index (Phi) is 9.46. The van der Waals surface area contributed by atoms with Gasteiger partial charge in [0, 0.05) is 19.0 Å². The molecular weight excluding hydrogens is 196 g/mol. The highest BCUT2D eigenvalue weighted by atomic mass is 16.5. The van der Waals surface area contributed by atoms with Crippen LogP contribution in [0.4, 0.5) is 0 Å². The van der Waals surface area contributed by atoms with Crippen LogP contribution in [0.3, 0.4) is 0 Å². The van der Waals surface area contributed by atoms with Crippen LogP contribution in [0.5, 0.6) is 0 Å². The van der Waals surface area contributed by atoms with Crippen molar-refractivity contribution in [3.8, 4) is 0 Å². The quantitative estimate of drug-likeness (QED) is 0.461. The summed E-state index contributed by atoms with van der Waals surface area (Å²) in [5, 5.41) is 11.1. The zero-order valence-corrected chi connectivity index (χ0v) is 9.37. The highest BCUT2D eigenvalue weighted by Gasteiger charge is 2.07. The molecule has 5 heteroatoms. The predicted molar refractivity (Wildman–Crippen MR) is 58.4 cm³/mol. The molecule has 0 saturated carbocycles.